The maximum absolute atomic E-state index is 8.76. The number of hydrogen-bond donors (Lipinski definition) is 1. The molecule has 0 saturated heterocycles. The van der Waals surface area contributed by atoms with E-state index in [1.54, 1.807) is 6.08 Å². The lowest BCUT2D eigenvalue weighted by atomic mass is 10.8. The molecule has 0 atom stereocenters. The fourth-order valence-corrected chi connectivity index (χ4v) is 1.73. The summed E-state index contributed by atoms with van der Waals surface area (Å²) >= 11 is 2.68. The molecule has 0 unspecified atom stereocenters. The van der Waals surface area contributed by atoms with E-state index in [2.05, 4.69) is 16.8 Å². The Bertz CT molecular complexity index is 223. The highest BCUT2D eigenvalue weighted by atomic mass is 32.2. The topological polar surface area (TPSA) is 46.0 Å². The highest BCUT2D eigenvalue weighted by molar-refractivity contribution is 8.01. The lowest BCUT2D eigenvalue weighted by Gasteiger charge is -1.84. The summed E-state index contributed by atoms with van der Waals surface area (Å²) in [6.07, 6.45) is 1.78. The first-order valence-corrected chi connectivity index (χ1v) is 4.39. The van der Waals surface area contributed by atoms with Crippen LogP contribution in [-0.4, -0.2) is 21.1 Å². The molecule has 10 heavy (non-hydrogen) atoms. The van der Waals surface area contributed by atoms with Crippen LogP contribution in [0, 0.1) is 0 Å². The van der Waals surface area contributed by atoms with E-state index in [0.29, 0.717) is 0 Å². The Morgan fingerprint density at radius 3 is 3.00 bits per heavy atom. The van der Waals surface area contributed by atoms with Gasteiger partial charge in [0.25, 0.3) is 5.19 Å². The molecule has 54 valence electrons. The van der Waals surface area contributed by atoms with Crippen molar-refractivity contribution in [1.82, 2.24) is 10.2 Å². The molecule has 0 aliphatic heterocycles. The molecule has 0 spiro atoms. The first kappa shape index (κ1) is 7.56. The SMILES string of the molecule is C=CCSc1nnc(O)s1. The van der Waals surface area contributed by atoms with Gasteiger partial charge in [0.15, 0.2) is 4.34 Å². The number of aromatic nitrogens is 2. The zero-order valence-electron chi connectivity index (χ0n) is 5.15. The van der Waals surface area contributed by atoms with Crippen LogP contribution < -0.4 is 0 Å². The molecule has 0 saturated carbocycles. The molecule has 1 N–H and O–H groups in total. The predicted molar refractivity (Wildman–Crippen MR) is 42.5 cm³/mol. The maximum atomic E-state index is 8.76. The van der Waals surface area contributed by atoms with Gasteiger partial charge in [-0.15, -0.1) is 11.7 Å². The molecule has 1 rings (SSSR count). The Morgan fingerprint density at radius 1 is 1.70 bits per heavy atom. The van der Waals surface area contributed by atoms with Gasteiger partial charge in [0, 0.05) is 5.75 Å². The third-order valence-electron chi connectivity index (χ3n) is 0.720. The molecule has 0 aliphatic carbocycles. The fraction of sp³-hybridized carbons (Fsp3) is 0.200. The number of rotatable bonds is 3. The van der Waals surface area contributed by atoms with E-state index in [1.165, 1.54) is 23.1 Å². The van der Waals surface area contributed by atoms with Crippen LogP contribution in [0.5, 0.6) is 5.19 Å². The second kappa shape index (κ2) is 3.58. The minimum Gasteiger partial charge on any atom is -0.484 e. The molecule has 1 aromatic rings. The highest BCUT2D eigenvalue weighted by Crippen LogP contribution is 2.25. The van der Waals surface area contributed by atoms with Crippen LogP contribution in [0.3, 0.4) is 0 Å². The molecule has 0 amide bonds. The summed E-state index contributed by atoms with van der Waals surface area (Å²) in [5.74, 6) is 0.800. The Hall–Kier alpha value is -0.550. The Labute approximate surface area is 66.8 Å². The summed E-state index contributed by atoms with van der Waals surface area (Å²) in [6, 6.07) is 0. The van der Waals surface area contributed by atoms with Crippen molar-refractivity contribution in [3.8, 4) is 5.19 Å². The van der Waals surface area contributed by atoms with Crippen molar-refractivity contribution in [2.24, 2.45) is 0 Å². The van der Waals surface area contributed by atoms with E-state index in [-0.39, 0.29) is 5.19 Å². The van der Waals surface area contributed by atoms with Crippen molar-refractivity contribution in [3.05, 3.63) is 12.7 Å². The second-order valence-corrected chi connectivity index (χ2v) is 3.67. The summed E-state index contributed by atoms with van der Waals surface area (Å²) < 4.78 is 0.775. The van der Waals surface area contributed by atoms with E-state index in [0.717, 1.165) is 10.1 Å². The summed E-state index contributed by atoms with van der Waals surface area (Å²) in [4.78, 5) is 0. The van der Waals surface area contributed by atoms with Crippen molar-refractivity contribution >= 4 is 23.1 Å². The molecule has 1 heterocycles. The zero-order chi connectivity index (χ0) is 7.40. The van der Waals surface area contributed by atoms with Crippen molar-refractivity contribution in [2.75, 3.05) is 5.75 Å². The Balaban J connectivity index is 2.49. The normalized spacial score (nSPS) is 9.60. The minimum absolute atomic E-state index is 0.0200. The van der Waals surface area contributed by atoms with Gasteiger partial charge in [-0.05, 0) is 11.3 Å². The summed E-state index contributed by atoms with van der Waals surface area (Å²) in [5, 5.41) is 15.9. The van der Waals surface area contributed by atoms with Gasteiger partial charge >= 0.3 is 0 Å². The molecule has 0 fully saturated rings. The molecule has 0 aliphatic rings. The van der Waals surface area contributed by atoms with E-state index >= 15 is 0 Å². The summed E-state index contributed by atoms with van der Waals surface area (Å²) in [5.41, 5.74) is 0. The third kappa shape index (κ3) is 2.00. The van der Waals surface area contributed by atoms with Gasteiger partial charge in [-0.25, -0.2) is 0 Å². The Morgan fingerprint density at radius 2 is 2.50 bits per heavy atom. The van der Waals surface area contributed by atoms with Crippen molar-refractivity contribution in [1.29, 1.82) is 0 Å². The van der Waals surface area contributed by atoms with Crippen LogP contribution >= 0.6 is 23.1 Å². The smallest absolute Gasteiger partial charge is 0.292 e. The summed E-state index contributed by atoms with van der Waals surface area (Å²) in [6.45, 7) is 3.56. The van der Waals surface area contributed by atoms with Crippen LogP contribution in [0.25, 0.3) is 0 Å². The Kier molecular flexibility index (Phi) is 2.70. The number of nitrogens with zero attached hydrogens (tertiary/aromatic N) is 2. The second-order valence-electron chi connectivity index (χ2n) is 1.45. The number of hydrogen-bond acceptors (Lipinski definition) is 5. The predicted octanol–water partition coefficient (Wildman–Crippen LogP) is 1.52. The van der Waals surface area contributed by atoms with Gasteiger partial charge in [-0.2, -0.15) is 0 Å². The summed E-state index contributed by atoms with van der Waals surface area (Å²) in [7, 11) is 0. The average molecular weight is 174 g/mol. The number of thioether (sulfide) groups is 1. The van der Waals surface area contributed by atoms with Gasteiger partial charge in [0.05, 0.1) is 0 Å². The highest BCUT2D eigenvalue weighted by Gasteiger charge is 1.99. The zero-order valence-corrected chi connectivity index (χ0v) is 6.78. The average Bonchev–Trinajstić information content (AvgIpc) is 2.31. The van der Waals surface area contributed by atoms with Crippen molar-refractivity contribution < 1.29 is 5.11 Å². The van der Waals surface area contributed by atoms with Crippen molar-refractivity contribution in [3.63, 3.8) is 0 Å². The maximum Gasteiger partial charge on any atom is 0.292 e. The van der Waals surface area contributed by atoms with Crippen LogP contribution in [-0.2, 0) is 0 Å². The molecule has 1 aromatic heterocycles. The minimum atomic E-state index is 0.0200. The van der Waals surface area contributed by atoms with Gasteiger partial charge in [-0.3, -0.25) is 0 Å². The molecular weight excluding hydrogens is 168 g/mol. The van der Waals surface area contributed by atoms with Crippen LogP contribution in [0.2, 0.25) is 0 Å². The number of aromatic hydroxyl groups is 1. The lowest BCUT2D eigenvalue weighted by Crippen LogP contribution is -1.71. The quantitative estimate of drug-likeness (QED) is 0.557. The van der Waals surface area contributed by atoms with Gasteiger partial charge in [-0.1, -0.05) is 22.9 Å². The molecule has 3 nitrogen and oxygen atoms in total. The monoisotopic (exact) mass is 174 g/mol. The van der Waals surface area contributed by atoms with Crippen LogP contribution in [0.4, 0.5) is 0 Å². The molecule has 0 bridgehead atoms. The standard InChI is InChI=1S/C5H6N2OS2/c1-2-3-9-5-7-6-4(8)10-5/h2H,1,3H2,(H,6,8). The molecule has 0 radical (unpaired) electrons. The van der Waals surface area contributed by atoms with E-state index in [4.69, 9.17) is 5.11 Å². The molecule has 0 aromatic carbocycles. The van der Waals surface area contributed by atoms with Crippen molar-refractivity contribution in [2.45, 2.75) is 4.34 Å². The van der Waals surface area contributed by atoms with E-state index in [9.17, 15) is 0 Å². The lowest BCUT2D eigenvalue weighted by molar-refractivity contribution is 0.464. The largest absolute Gasteiger partial charge is 0.484 e. The van der Waals surface area contributed by atoms with Gasteiger partial charge < -0.3 is 5.11 Å². The molecule has 5 heteroatoms. The van der Waals surface area contributed by atoms with E-state index < -0.39 is 0 Å². The van der Waals surface area contributed by atoms with Gasteiger partial charge in [0.1, 0.15) is 0 Å². The fourth-order valence-electron chi connectivity index (χ4n) is 0.391. The van der Waals surface area contributed by atoms with Crippen LogP contribution in [0.1, 0.15) is 0 Å². The molecular formula is C5H6N2OS2. The first-order chi connectivity index (χ1) is 4.83. The van der Waals surface area contributed by atoms with Gasteiger partial charge in [0.2, 0.25) is 0 Å². The third-order valence-corrected chi connectivity index (χ3v) is 2.58. The first-order valence-electron chi connectivity index (χ1n) is 2.59. The van der Waals surface area contributed by atoms with E-state index in [1.807, 2.05) is 0 Å². The van der Waals surface area contributed by atoms with Crippen LogP contribution in [0.15, 0.2) is 17.0 Å².